The minimum absolute atomic E-state index is 0.218. The molecule has 0 atom stereocenters. The highest BCUT2D eigenvalue weighted by molar-refractivity contribution is 6.29. The molecule has 5 nitrogen and oxygen atoms in total. The van der Waals surface area contributed by atoms with Gasteiger partial charge in [-0.3, -0.25) is 4.79 Å². The van der Waals surface area contributed by atoms with E-state index in [-0.39, 0.29) is 16.8 Å². The first kappa shape index (κ1) is 10.6. The maximum Gasteiger partial charge on any atom is 0.272 e. The Kier molecular flexibility index (Phi) is 3.16. The van der Waals surface area contributed by atoms with E-state index in [0.29, 0.717) is 12.3 Å². The van der Waals surface area contributed by atoms with Crippen LogP contribution in [0, 0.1) is 0 Å². The molecule has 0 radical (unpaired) electrons. The van der Waals surface area contributed by atoms with Crippen LogP contribution >= 0.6 is 11.6 Å². The molecule has 2 aromatic heterocycles. The van der Waals surface area contributed by atoms with E-state index in [0.717, 1.165) is 0 Å². The van der Waals surface area contributed by atoms with Crippen molar-refractivity contribution in [2.75, 3.05) is 0 Å². The van der Waals surface area contributed by atoms with Crippen molar-refractivity contribution in [2.45, 2.75) is 6.54 Å². The number of amides is 1. The van der Waals surface area contributed by atoms with Gasteiger partial charge < -0.3 is 9.73 Å². The topological polar surface area (TPSA) is 68.0 Å². The molecule has 2 rings (SSSR count). The molecule has 2 heterocycles. The second-order valence-electron chi connectivity index (χ2n) is 3.00. The van der Waals surface area contributed by atoms with Crippen molar-refractivity contribution >= 4 is 17.5 Å². The zero-order chi connectivity index (χ0) is 11.4. The third-order valence-corrected chi connectivity index (χ3v) is 2.07. The first-order valence-corrected chi connectivity index (χ1v) is 4.93. The Morgan fingerprint density at radius 3 is 2.88 bits per heavy atom. The molecule has 0 unspecified atom stereocenters. The number of nitrogens with one attached hydrogen (secondary N) is 1. The van der Waals surface area contributed by atoms with Crippen LogP contribution in [-0.4, -0.2) is 16.1 Å². The van der Waals surface area contributed by atoms with Crippen LogP contribution in [-0.2, 0) is 6.54 Å². The number of aromatic nitrogens is 2. The van der Waals surface area contributed by atoms with Gasteiger partial charge in [-0.25, -0.2) is 0 Å². The highest BCUT2D eigenvalue weighted by Gasteiger charge is 2.07. The van der Waals surface area contributed by atoms with E-state index in [9.17, 15) is 4.79 Å². The molecule has 1 N–H and O–H groups in total. The summed E-state index contributed by atoms with van der Waals surface area (Å²) in [4.78, 5) is 11.6. The monoisotopic (exact) mass is 237 g/mol. The summed E-state index contributed by atoms with van der Waals surface area (Å²) in [5.41, 5.74) is 0.218. The zero-order valence-corrected chi connectivity index (χ0v) is 8.94. The van der Waals surface area contributed by atoms with Gasteiger partial charge in [-0.05, 0) is 24.3 Å². The van der Waals surface area contributed by atoms with Crippen molar-refractivity contribution in [3.05, 3.63) is 47.1 Å². The average molecular weight is 238 g/mol. The molecule has 82 valence electrons. The molecule has 0 fully saturated rings. The van der Waals surface area contributed by atoms with Crippen LogP contribution in [0.25, 0.3) is 0 Å². The van der Waals surface area contributed by atoms with Gasteiger partial charge in [0.1, 0.15) is 5.76 Å². The van der Waals surface area contributed by atoms with E-state index in [1.165, 1.54) is 12.1 Å². The number of hydrogen-bond acceptors (Lipinski definition) is 4. The summed E-state index contributed by atoms with van der Waals surface area (Å²) >= 11 is 5.55. The Morgan fingerprint density at radius 1 is 1.38 bits per heavy atom. The predicted octanol–water partition coefficient (Wildman–Crippen LogP) is 1.65. The predicted molar refractivity (Wildman–Crippen MR) is 56.9 cm³/mol. The summed E-state index contributed by atoms with van der Waals surface area (Å²) in [6.07, 6.45) is 1.55. The molecule has 0 aromatic carbocycles. The Labute approximate surface area is 96.4 Å². The first-order chi connectivity index (χ1) is 7.75. The lowest BCUT2D eigenvalue weighted by Gasteiger charge is -2.01. The van der Waals surface area contributed by atoms with Crippen molar-refractivity contribution < 1.29 is 9.21 Å². The average Bonchev–Trinajstić information content (AvgIpc) is 2.80. The van der Waals surface area contributed by atoms with E-state index in [1.54, 1.807) is 18.4 Å². The van der Waals surface area contributed by atoms with Crippen LogP contribution in [0.5, 0.6) is 0 Å². The van der Waals surface area contributed by atoms with E-state index >= 15 is 0 Å². The largest absolute Gasteiger partial charge is 0.467 e. The minimum atomic E-state index is -0.319. The van der Waals surface area contributed by atoms with E-state index in [4.69, 9.17) is 16.0 Å². The fourth-order valence-electron chi connectivity index (χ4n) is 1.11. The number of nitrogens with zero attached hydrogens (tertiary/aromatic N) is 2. The van der Waals surface area contributed by atoms with Crippen molar-refractivity contribution in [3.8, 4) is 0 Å². The zero-order valence-electron chi connectivity index (χ0n) is 8.18. The molecule has 0 aliphatic carbocycles. The van der Waals surface area contributed by atoms with Gasteiger partial charge in [0.2, 0.25) is 0 Å². The number of hydrogen-bond donors (Lipinski definition) is 1. The Morgan fingerprint density at radius 2 is 2.25 bits per heavy atom. The standard InChI is InChI=1S/C10H8ClN3O2/c11-9-4-3-8(13-14-9)10(15)12-6-7-2-1-5-16-7/h1-5H,6H2,(H,12,15). The summed E-state index contributed by atoms with van der Waals surface area (Å²) in [7, 11) is 0. The second kappa shape index (κ2) is 4.76. The molecular weight excluding hydrogens is 230 g/mol. The Balaban J connectivity index is 1.95. The van der Waals surface area contributed by atoms with Crippen LogP contribution in [0.2, 0.25) is 5.15 Å². The molecule has 0 bridgehead atoms. The third-order valence-electron chi connectivity index (χ3n) is 1.87. The minimum Gasteiger partial charge on any atom is -0.467 e. The van der Waals surface area contributed by atoms with Gasteiger partial charge in [0.25, 0.3) is 5.91 Å². The summed E-state index contributed by atoms with van der Waals surface area (Å²) in [5, 5.41) is 10.1. The summed E-state index contributed by atoms with van der Waals surface area (Å²) < 4.78 is 5.07. The smallest absolute Gasteiger partial charge is 0.272 e. The van der Waals surface area contributed by atoms with E-state index in [2.05, 4.69) is 15.5 Å². The van der Waals surface area contributed by atoms with E-state index in [1.807, 2.05) is 0 Å². The third kappa shape index (κ3) is 2.58. The highest BCUT2D eigenvalue weighted by Crippen LogP contribution is 2.03. The van der Waals surface area contributed by atoms with Gasteiger partial charge in [-0.15, -0.1) is 10.2 Å². The van der Waals surface area contributed by atoms with Crippen LogP contribution in [0.3, 0.4) is 0 Å². The summed E-state index contributed by atoms with van der Waals surface area (Å²) in [5.74, 6) is 0.357. The van der Waals surface area contributed by atoms with Crippen LogP contribution in [0.4, 0.5) is 0 Å². The van der Waals surface area contributed by atoms with Gasteiger partial charge in [-0.1, -0.05) is 11.6 Å². The molecule has 2 aromatic rings. The Bertz CT molecular complexity index is 467. The normalized spacial score (nSPS) is 10.1. The second-order valence-corrected chi connectivity index (χ2v) is 3.39. The lowest BCUT2D eigenvalue weighted by Crippen LogP contribution is -2.23. The van der Waals surface area contributed by atoms with Crippen LogP contribution in [0.1, 0.15) is 16.2 Å². The summed E-state index contributed by atoms with van der Waals surface area (Å²) in [6.45, 7) is 0.316. The highest BCUT2D eigenvalue weighted by atomic mass is 35.5. The van der Waals surface area contributed by atoms with Crippen LogP contribution in [0.15, 0.2) is 34.9 Å². The molecule has 0 saturated carbocycles. The quantitative estimate of drug-likeness (QED) is 0.882. The van der Waals surface area contributed by atoms with E-state index < -0.39 is 0 Å². The van der Waals surface area contributed by atoms with Crippen LogP contribution < -0.4 is 5.32 Å². The molecule has 0 aliphatic rings. The molecule has 6 heteroatoms. The van der Waals surface area contributed by atoms with Gasteiger partial charge in [-0.2, -0.15) is 0 Å². The fourth-order valence-corrected chi connectivity index (χ4v) is 1.21. The SMILES string of the molecule is O=C(NCc1ccco1)c1ccc(Cl)nn1. The first-order valence-electron chi connectivity index (χ1n) is 4.55. The lowest BCUT2D eigenvalue weighted by atomic mass is 10.3. The maximum atomic E-state index is 11.6. The van der Waals surface area contributed by atoms with Crippen molar-refractivity contribution in [2.24, 2.45) is 0 Å². The number of halogens is 1. The van der Waals surface area contributed by atoms with Crippen molar-refractivity contribution in [1.82, 2.24) is 15.5 Å². The molecular formula is C10H8ClN3O2. The number of rotatable bonds is 3. The van der Waals surface area contributed by atoms with Gasteiger partial charge >= 0.3 is 0 Å². The fraction of sp³-hybridized carbons (Fsp3) is 0.100. The molecule has 0 saturated heterocycles. The molecule has 0 aliphatic heterocycles. The van der Waals surface area contributed by atoms with Gasteiger partial charge in [0.15, 0.2) is 10.8 Å². The van der Waals surface area contributed by atoms with Crippen molar-refractivity contribution in [1.29, 1.82) is 0 Å². The number of carbonyl (C=O) groups is 1. The Hall–Kier alpha value is -1.88. The maximum absolute atomic E-state index is 11.6. The summed E-state index contributed by atoms with van der Waals surface area (Å²) in [6, 6.07) is 6.54. The van der Waals surface area contributed by atoms with Crippen molar-refractivity contribution in [3.63, 3.8) is 0 Å². The molecule has 1 amide bonds. The molecule has 16 heavy (non-hydrogen) atoms. The molecule has 0 spiro atoms. The lowest BCUT2D eigenvalue weighted by molar-refractivity contribution is 0.0942. The number of carbonyl (C=O) groups excluding carboxylic acids is 1. The number of furan rings is 1. The van der Waals surface area contributed by atoms with Gasteiger partial charge in [0.05, 0.1) is 12.8 Å². The van der Waals surface area contributed by atoms with Gasteiger partial charge in [0, 0.05) is 0 Å².